The van der Waals surface area contributed by atoms with Gasteiger partial charge in [-0.05, 0) is 38.7 Å². The molecule has 2 atom stereocenters. The molecule has 0 saturated carbocycles. The highest BCUT2D eigenvalue weighted by Crippen LogP contribution is 2.23. The number of nitrogens with zero attached hydrogens (tertiary/aromatic N) is 3. The molecule has 1 aliphatic heterocycles. The lowest BCUT2D eigenvalue weighted by atomic mass is 9.97. The van der Waals surface area contributed by atoms with Gasteiger partial charge < -0.3 is 10.2 Å². The lowest BCUT2D eigenvalue weighted by Crippen LogP contribution is -2.55. The minimum absolute atomic E-state index is 0.117. The summed E-state index contributed by atoms with van der Waals surface area (Å²) in [5.41, 5.74) is 0.936. The standard InChI is InChI=1S/C15H25FN4/c1-4-5-18-15(12-8-13(16)10-17-9-12)14-11-19(2)6-7-20(14)3/h8-10,14-15,18H,4-7,11H2,1-3H3. The van der Waals surface area contributed by atoms with Crippen LogP contribution < -0.4 is 5.32 Å². The molecule has 2 unspecified atom stereocenters. The van der Waals surface area contributed by atoms with Gasteiger partial charge in [-0.1, -0.05) is 6.92 Å². The summed E-state index contributed by atoms with van der Waals surface area (Å²) in [6.45, 7) is 6.16. The Morgan fingerprint density at radius 2 is 2.20 bits per heavy atom. The molecule has 1 aromatic heterocycles. The fraction of sp³-hybridized carbons (Fsp3) is 0.667. The SMILES string of the molecule is CCCNC(c1cncc(F)c1)C1CN(C)CCN1C. The molecular formula is C15H25FN4. The van der Waals surface area contributed by atoms with Crippen molar-refractivity contribution in [2.75, 3.05) is 40.3 Å². The van der Waals surface area contributed by atoms with Gasteiger partial charge in [0, 0.05) is 31.9 Å². The highest BCUT2D eigenvalue weighted by Gasteiger charge is 2.30. The lowest BCUT2D eigenvalue weighted by molar-refractivity contribution is 0.0874. The molecule has 2 heterocycles. The first kappa shape index (κ1) is 15.4. The topological polar surface area (TPSA) is 31.4 Å². The van der Waals surface area contributed by atoms with E-state index in [0.29, 0.717) is 6.04 Å². The van der Waals surface area contributed by atoms with Gasteiger partial charge in [-0.3, -0.25) is 9.88 Å². The first-order valence-corrected chi connectivity index (χ1v) is 7.34. The van der Waals surface area contributed by atoms with E-state index in [0.717, 1.165) is 38.2 Å². The first-order valence-electron chi connectivity index (χ1n) is 7.34. The van der Waals surface area contributed by atoms with Gasteiger partial charge in [0.15, 0.2) is 0 Å². The number of aromatic nitrogens is 1. The number of nitrogens with one attached hydrogen (secondary N) is 1. The van der Waals surface area contributed by atoms with E-state index in [1.165, 1.54) is 6.20 Å². The van der Waals surface area contributed by atoms with Crippen LogP contribution in [0, 0.1) is 5.82 Å². The van der Waals surface area contributed by atoms with Crippen molar-refractivity contribution < 1.29 is 4.39 Å². The van der Waals surface area contributed by atoms with Crippen molar-refractivity contribution in [1.82, 2.24) is 20.1 Å². The summed E-state index contributed by atoms with van der Waals surface area (Å²) in [4.78, 5) is 8.70. The minimum atomic E-state index is -0.266. The third kappa shape index (κ3) is 3.75. The van der Waals surface area contributed by atoms with Crippen LogP contribution in [-0.4, -0.2) is 61.1 Å². The second-order valence-electron chi connectivity index (χ2n) is 5.68. The maximum Gasteiger partial charge on any atom is 0.141 e. The Morgan fingerprint density at radius 3 is 2.90 bits per heavy atom. The average molecular weight is 280 g/mol. The van der Waals surface area contributed by atoms with Gasteiger partial charge in [0.2, 0.25) is 0 Å². The molecule has 1 aromatic rings. The molecule has 0 bridgehead atoms. The van der Waals surface area contributed by atoms with Crippen LogP contribution >= 0.6 is 0 Å². The minimum Gasteiger partial charge on any atom is -0.309 e. The fourth-order valence-corrected chi connectivity index (χ4v) is 2.78. The second-order valence-corrected chi connectivity index (χ2v) is 5.68. The molecule has 1 fully saturated rings. The highest BCUT2D eigenvalue weighted by molar-refractivity contribution is 5.18. The van der Waals surface area contributed by atoms with Crippen LogP contribution in [0.5, 0.6) is 0 Å². The highest BCUT2D eigenvalue weighted by atomic mass is 19.1. The van der Waals surface area contributed by atoms with Crippen LogP contribution in [0.15, 0.2) is 18.5 Å². The molecule has 112 valence electrons. The number of hydrogen-bond acceptors (Lipinski definition) is 4. The Balaban J connectivity index is 2.21. The molecule has 2 rings (SSSR count). The summed E-state index contributed by atoms with van der Waals surface area (Å²) in [5, 5.41) is 3.56. The molecular weight excluding hydrogens is 255 g/mol. The number of rotatable bonds is 5. The van der Waals surface area contributed by atoms with Gasteiger partial charge >= 0.3 is 0 Å². The van der Waals surface area contributed by atoms with Crippen molar-refractivity contribution in [1.29, 1.82) is 0 Å². The van der Waals surface area contributed by atoms with Gasteiger partial charge in [0.25, 0.3) is 0 Å². The number of piperazine rings is 1. The number of hydrogen-bond donors (Lipinski definition) is 1. The predicted octanol–water partition coefficient (Wildman–Crippen LogP) is 1.51. The Bertz CT molecular complexity index is 426. The number of halogens is 1. The Hall–Kier alpha value is -1.04. The Labute approximate surface area is 121 Å². The van der Waals surface area contributed by atoms with Gasteiger partial charge in [0.05, 0.1) is 12.2 Å². The van der Waals surface area contributed by atoms with Crippen LogP contribution in [-0.2, 0) is 0 Å². The van der Waals surface area contributed by atoms with Crippen LogP contribution in [0.2, 0.25) is 0 Å². The Kier molecular flexibility index (Phi) is 5.46. The van der Waals surface area contributed by atoms with Gasteiger partial charge in [-0.2, -0.15) is 0 Å². The smallest absolute Gasteiger partial charge is 0.141 e. The maximum atomic E-state index is 13.5. The summed E-state index contributed by atoms with van der Waals surface area (Å²) >= 11 is 0. The normalized spacial score (nSPS) is 22.9. The molecule has 1 N–H and O–H groups in total. The molecule has 0 spiro atoms. The van der Waals surface area contributed by atoms with E-state index in [1.54, 1.807) is 12.3 Å². The van der Waals surface area contributed by atoms with E-state index in [4.69, 9.17) is 0 Å². The van der Waals surface area contributed by atoms with Gasteiger partial charge in [-0.15, -0.1) is 0 Å². The summed E-state index contributed by atoms with van der Waals surface area (Å²) in [6.07, 6.45) is 4.10. The van der Waals surface area contributed by atoms with Crippen LogP contribution in [0.3, 0.4) is 0 Å². The van der Waals surface area contributed by atoms with E-state index < -0.39 is 0 Å². The quantitative estimate of drug-likeness (QED) is 0.886. The van der Waals surface area contributed by atoms with E-state index in [9.17, 15) is 4.39 Å². The zero-order chi connectivity index (χ0) is 14.5. The number of pyridine rings is 1. The average Bonchev–Trinajstić information content (AvgIpc) is 2.43. The Morgan fingerprint density at radius 1 is 1.40 bits per heavy atom. The summed E-state index contributed by atoms with van der Waals surface area (Å²) in [7, 11) is 4.28. The van der Waals surface area contributed by atoms with Gasteiger partial charge in [0.1, 0.15) is 5.82 Å². The first-order chi connectivity index (χ1) is 9.61. The molecule has 4 nitrogen and oxygen atoms in total. The van der Waals surface area contributed by atoms with Crippen molar-refractivity contribution in [3.8, 4) is 0 Å². The largest absolute Gasteiger partial charge is 0.309 e. The van der Waals surface area contributed by atoms with Crippen molar-refractivity contribution in [2.45, 2.75) is 25.4 Å². The van der Waals surface area contributed by atoms with Crippen molar-refractivity contribution in [3.05, 3.63) is 29.8 Å². The maximum absolute atomic E-state index is 13.5. The summed E-state index contributed by atoms with van der Waals surface area (Å²) in [6, 6.07) is 2.05. The molecule has 20 heavy (non-hydrogen) atoms. The molecule has 0 aromatic carbocycles. The van der Waals surface area contributed by atoms with E-state index in [2.05, 4.69) is 41.1 Å². The molecule has 0 amide bonds. The third-order valence-electron chi connectivity index (χ3n) is 3.98. The van der Waals surface area contributed by atoms with Crippen LogP contribution in [0.1, 0.15) is 24.9 Å². The molecule has 5 heteroatoms. The van der Waals surface area contributed by atoms with E-state index >= 15 is 0 Å². The van der Waals surface area contributed by atoms with Crippen molar-refractivity contribution in [3.63, 3.8) is 0 Å². The van der Waals surface area contributed by atoms with Crippen molar-refractivity contribution in [2.24, 2.45) is 0 Å². The number of likely N-dealkylation sites (N-methyl/N-ethyl adjacent to an activating group) is 2. The van der Waals surface area contributed by atoms with Crippen LogP contribution in [0.25, 0.3) is 0 Å². The molecule has 0 radical (unpaired) electrons. The molecule has 1 saturated heterocycles. The summed E-state index contributed by atoms with van der Waals surface area (Å²) < 4.78 is 13.5. The van der Waals surface area contributed by atoms with E-state index in [1.807, 2.05) is 0 Å². The zero-order valence-corrected chi connectivity index (χ0v) is 12.6. The van der Waals surface area contributed by atoms with Gasteiger partial charge in [-0.25, -0.2) is 4.39 Å². The zero-order valence-electron chi connectivity index (χ0n) is 12.6. The summed E-state index contributed by atoms with van der Waals surface area (Å²) in [5.74, 6) is -0.266. The monoisotopic (exact) mass is 280 g/mol. The van der Waals surface area contributed by atoms with E-state index in [-0.39, 0.29) is 11.9 Å². The third-order valence-corrected chi connectivity index (χ3v) is 3.98. The second kappa shape index (κ2) is 7.11. The molecule has 1 aliphatic rings. The molecule has 0 aliphatic carbocycles. The van der Waals surface area contributed by atoms with Crippen molar-refractivity contribution >= 4 is 0 Å². The van der Waals surface area contributed by atoms with Crippen LogP contribution in [0.4, 0.5) is 4.39 Å². The fourth-order valence-electron chi connectivity index (χ4n) is 2.78. The predicted molar refractivity (Wildman–Crippen MR) is 79.1 cm³/mol. The lowest BCUT2D eigenvalue weighted by Gasteiger charge is -2.42.